The van der Waals surface area contributed by atoms with E-state index in [4.69, 9.17) is 4.99 Å². The molecule has 0 amide bonds. The minimum absolute atomic E-state index is 0. The molecule has 0 spiro atoms. The molecule has 0 radical (unpaired) electrons. The fraction of sp³-hybridized carbons (Fsp3) is 0.476. The van der Waals surface area contributed by atoms with Crippen molar-refractivity contribution in [3.8, 4) is 0 Å². The molecule has 0 saturated carbocycles. The maximum absolute atomic E-state index is 13.1. The van der Waals surface area contributed by atoms with E-state index in [1.165, 1.54) is 29.9 Å². The van der Waals surface area contributed by atoms with Crippen LogP contribution in [0.3, 0.4) is 0 Å². The molecule has 160 valence electrons. The Labute approximate surface area is 193 Å². The van der Waals surface area contributed by atoms with E-state index in [2.05, 4.69) is 33.0 Å². The molecular weight excluding hydrogens is 502 g/mol. The number of benzene rings is 1. The zero-order valence-corrected chi connectivity index (χ0v) is 19.8. The number of halogens is 2. The van der Waals surface area contributed by atoms with Gasteiger partial charge in [-0.15, -0.1) is 35.3 Å². The van der Waals surface area contributed by atoms with Crippen molar-refractivity contribution in [1.29, 1.82) is 0 Å². The summed E-state index contributed by atoms with van der Waals surface area (Å²) in [5.74, 6) is 0.379. The molecule has 5 nitrogen and oxygen atoms in total. The van der Waals surface area contributed by atoms with Crippen LogP contribution >= 0.6 is 35.3 Å². The first kappa shape index (κ1) is 24.0. The highest BCUT2D eigenvalue weighted by molar-refractivity contribution is 14.0. The van der Waals surface area contributed by atoms with Crippen LogP contribution in [0, 0.1) is 5.82 Å². The molecule has 29 heavy (non-hydrogen) atoms. The van der Waals surface area contributed by atoms with E-state index >= 15 is 0 Å². The maximum Gasteiger partial charge on any atom is 0.191 e. The third-order valence-corrected chi connectivity index (χ3v) is 5.91. The van der Waals surface area contributed by atoms with Crippen LogP contribution in [0.4, 0.5) is 4.39 Å². The van der Waals surface area contributed by atoms with Crippen molar-refractivity contribution in [2.45, 2.75) is 31.9 Å². The maximum atomic E-state index is 13.1. The fourth-order valence-electron chi connectivity index (χ4n) is 3.44. The molecule has 2 unspecified atom stereocenters. The number of guanidine groups is 1. The van der Waals surface area contributed by atoms with E-state index in [1.807, 2.05) is 6.92 Å². The molecule has 1 aliphatic heterocycles. The van der Waals surface area contributed by atoms with Gasteiger partial charge in [0.2, 0.25) is 0 Å². The first-order valence-electron chi connectivity index (χ1n) is 9.90. The summed E-state index contributed by atoms with van der Waals surface area (Å²) < 4.78 is 13.1. The van der Waals surface area contributed by atoms with Crippen LogP contribution in [-0.4, -0.2) is 48.7 Å². The summed E-state index contributed by atoms with van der Waals surface area (Å²) in [5.41, 5.74) is 0.679. The topological polar surface area (TPSA) is 59.9 Å². The van der Waals surface area contributed by atoms with Gasteiger partial charge >= 0.3 is 0 Å². The van der Waals surface area contributed by atoms with Crippen LogP contribution in [0.15, 0.2) is 46.8 Å². The molecule has 0 bridgehead atoms. The summed E-state index contributed by atoms with van der Waals surface area (Å²) in [6, 6.07) is 10.5. The minimum atomic E-state index is -0.726. The van der Waals surface area contributed by atoms with Gasteiger partial charge in [-0.05, 0) is 62.0 Å². The number of nitrogens with zero attached hydrogens (tertiary/aromatic N) is 2. The lowest BCUT2D eigenvalue weighted by Crippen LogP contribution is -2.40. The van der Waals surface area contributed by atoms with Gasteiger partial charge in [-0.3, -0.25) is 9.89 Å². The Bertz CT molecular complexity index is 736. The van der Waals surface area contributed by atoms with Crippen molar-refractivity contribution in [3.05, 3.63) is 58.0 Å². The van der Waals surface area contributed by atoms with Crippen molar-refractivity contribution in [3.63, 3.8) is 0 Å². The number of nitrogens with one attached hydrogen (secondary N) is 2. The molecule has 0 aliphatic carbocycles. The Balaban J connectivity index is 0.00000300. The SMILES string of the molecule is CCNC(=NCC(c1cccs1)N1CCCC1)NCC(O)c1ccc(F)cc1.I. The van der Waals surface area contributed by atoms with Gasteiger partial charge in [-0.25, -0.2) is 4.39 Å². The summed E-state index contributed by atoms with van der Waals surface area (Å²) >= 11 is 1.78. The van der Waals surface area contributed by atoms with Gasteiger partial charge in [-0.2, -0.15) is 0 Å². The average Bonchev–Trinajstić information content (AvgIpc) is 3.41. The third-order valence-electron chi connectivity index (χ3n) is 4.94. The standard InChI is InChI=1S/C21H29FN4OS.HI/c1-2-23-21(25-15-19(27)16-7-9-17(22)10-8-16)24-14-18(20-6-5-13-28-20)26-11-3-4-12-26;/h5-10,13,18-19,27H,2-4,11-12,14-15H2,1H3,(H2,23,24,25);1H. The second kappa shape index (κ2) is 12.5. The van der Waals surface area contributed by atoms with E-state index in [1.54, 1.807) is 23.5 Å². The van der Waals surface area contributed by atoms with Gasteiger partial charge in [-0.1, -0.05) is 18.2 Å². The molecule has 2 heterocycles. The molecule has 1 aromatic carbocycles. The minimum Gasteiger partial charge on any atom is -0.387 e. The van der Waals surface area contributed by atoms with E-state index in [0.29, 0.717) is 30.7 Å². The smallest absolute Gasteiger partial charge is 0.191 e. The number of rotatable bonds is 8. The fourth-order valence-corrected chi connectivity index (χ4v) is 4.29. The number of hydrogen-bond donors (Lipinski definition) is 3. The molecule has 1 aromatic heterocycles. The van der Waals surface area contributed by atoms with Crippen LogP contribution in [-0.2, 0) is 0 Å². The summed E-state index contributed by atoms with van der Waals surface area (Å²) in [6.45, 7) is 5.97. The van der Waals surface area contributed by atoms with E-state index in [9.17, 15) is 9.50 Å². The zero-order chi connectivity index (χ0) is 19.8. The third kappa shape index (κ3) is 7.20. The predicted octanol–water partition coefficient (Wildman–Crippen LogP) is 3.93. The number of aliphatic hydroxyl groups is 1. The zero-order valence-electron chi connectivity index (χ0n) is 16.7. The molecule has 3 rings (SSSR count). The van der Waals surface area contributed by atoms with Crippen molar-refractivity contribution in [2.24, 2.45) is 4.99 Å². The number of hydrogen-bond acceptors (Lipinski definition) is 4. The van der Waals surface area contributed by atoms with Gasteiger partial charge in [0.1, 0.15) is 5.82 Å². The quantitative estimate of drug-likeness (QED) is 0.274. The monoisotopic (exact) mass is 532 g/mol. The van der Waals surface area contributed by atoms with Crippen LogP contribution in [0.5, 0.6) is 0 Å². The number of aliphatic imine (C=N–C) groups is 1. The molecule has 2 aromatic rings. The lowest BCUT2D eigenvalue weighted by Gasteiger charge is -2.25. The molecule has 3 N–H and O–H groups in total. The van der Waals surface area contributed by atoms with Gasteiger partial charge in [0.25, 0.3) is 0 Å². The highest BCUT2D eigenvalue weighted by atomic mass is 127. The van der Waals surface area contributed by atoms with E-state index < -0.39 is 6.10 Å². The van der Waals surface area contributed by atoms with E-state index in [-0.39, 0.29) is 29.8 Å². The largest absolute Gasteiger partial charge is 0.387 e. The summed E-state index contributed by atoms with van der Waals surface area (Å²) in [6.07, 6.45) is 1.76. The second-order valence-corrected chi connectivity index (χ2v) is 7.92. The van der Waals surface area contributed by atoms with Crippen molar-refractivity contribution < 1.29 is 9.50 Å². The number of likely N-dealkylation sites (tertiary alicyclic amines) is 1. The summed E-state index contributed by atoms with van der Waals surface area (Å²) in [7, 11) is 0. The molecule has 1 aliphatic rings. The highest BCUT2D eigenvalue weighted by Crippen LogP contribution is 2.28. The van der Waals surface area contributed by atoms with Crippen molar-refractivity contribution in [1.82, 2.24) is 15.5 Å². The molecule has 1 saturated heterocycles. The van der Waals surface area contributed by atoms with Crippen LogP contribution in [0.2, 0.25) is 0 Å². The second-order valence-electron chi connectivity index (χ2n) is 6.94. The first-order valence-corrected chi connectivity index (χ1v) is 10.8. The summed E-state index contributed by atoms with van der Waals surface area (Å²) in [4.78, 5) is 8.63. The number of aliphatic hydroxyl groups excluding tert-OH is 1. The van der Waals surface area contributed by atoms with Gasteiger partial charge in [0.15, 0.2) is 5.96 Å². The molecular formula is C21H30FIN4OS. The average molecular weight is 532 g/mol. The Morgan fingerprint density at radius 2 is 1.93 bits per heavy atom. The Morgan fingerprint density at radius 1 is 1.21 bits per heavy atom. The van der Waals surface area contributed by atoms with Gasteiger partial charge in [0.05, 0.1) is 18.7 Å². The lowest BCUT2D eigenvalue weighted by atomic mass is 10.1. The normalized spacial score (nSPS) is 16.9. The van der Waals surface area contributed by atoms with Crippen LogP contribution in [0.1, 0.15) is 42.4 Å². The van der Waals surface area contributed by atoms with Gasteiger partial charge in [0, 0.05) is 18.0 Å². The van der Waals surface area contributed by atoms with Crippen molar-refractivity contribution in [2.75, 3.05) is 32.7 Å². The Hall–Kier alpha value is -1.23. The van der Waals surface area contributed by atoms with Gasteiger partial charge < -0.3 is 15.7 Å². The highest BCUT2D eigenvalue weighted by Gasteiger charge is 2.24. The Kier molecular flexibility index (Phi) is 10.3. The molecule has 2 atom stereocenters. The first-order chi connectivity index (χ1) is 13.7. The number of thiophene rings is 1. The van der Waals surface area contributed by atoms with Crippen molar-refractivity contribution >= 4 is 41.3 Å². The lowest BCUT2D eigenvalue weighted by molar-refractivity contribution is 0.180. The van der Waals surface area contributed by atoms with E-state index in [0.717, 1.165) is 19.6 Å². The summed E-state index contributed by atoms with van der Waals surface area (Å²) in [5, 5.41) is 18.9. The molecule has 8 heteroatoms. The molecule has 1 fully saturated rings. The predicted molar refractivity (Wildman–Crippen MR) is 129 cm³/mol. The van der Waals surface area contributed by atoms with Crippen LogP contribution < -0.4 is 10.6 Å². The van der Waals surface area contributed by atoms with Crippen LogP contribution in [0.25, 0.3) is 0 Å². The Morgan fingerprint density at radius 3 is 2.55 bits per heavy atom.